The number of benzene rings is 1. The lowest BCUT2D eigenvalue weighted by Gasteiger charge is -2.39. The Balaban J connectivity index is 1.80. The molecule has 33 heavy (non-hydrogen) atoms. The number of hydrogen-bond acceptors (Lipinski definition) is 1. The van der Waals surface area contributed by atoms with Gasteiger partial charge >= 0.3 is 0 Å². The van der Waals surface area contributed by atoms with E-state index in [2.05, 4.69) is 69.2 Å². The minimum atomic E-state index is 0.000631. The lowest BCUT2D eigenvalue weighted by atomic mass is 9.80. The molecule has 0 saturated heterocycles. The Labute approximate surface area is 207 Å². The molecule has 0 radical (unpaired) electrons. The summed E-state index contributed by atoms with van der Waals surface area (Å²) in [6.07, 6.45) is 14.6. The van der Waals surface area contributed by atoms with Crippen LogP contribution in [0.2, 0.25) is 0 Å². The summed E-state index contributed by atoms with van der Waals surface area (Å²) in [6.45, 7) is 23.5. The van der Waals surface area contributed by atoms with Crippen LogP contribution >= 0.6 is 0 Å². The SMILES string of the molecule is Cc1c(C)c(C(C)C)c(C)c2c1O[C@](C)(CCCC(C)CCC[C@H](C)CCCC(C)C)CC2. The van der Waals surface area contributed by atoms with Crippen molar-refractivity contribution in [3.63, 3.8) is 0 Å². The summed E-state index contributed by atoms with van der Waals surface area (Å²) in [5.74, 6) is 4.38. The van der Waals surface area contributed by atoms with E-state index >= 15 is 0 Å². The fraction of sp³-hybridized carbons (Fsp3) is 0.812. The maximum Gasteiger partial charge on any atom is 0.126 e. The Hall–Kier alpha value is -0.980. The van der Waals surface area contributed by atoms with Crippen LogP contribution in [0.5, 0.6) is 5.75 Å². The normalized spacial score (nSPS) is 20.1. The summed E-state index contributed by atoms with van der Waals surface area (Å²) >= 11 is 0. The van der Waals surface area contributed by atoms with Gasteiger partial charge in [-0.3, -0.25) is 0 Å². The zero-order valence-corrected chi connectivity index (χ0v) is 24.0. The van der Waals surface area contributed by atoms with Crippen LogP contribution < -0.4 is 4.74 Å². The first-order valence-electron chi connectivity index (χ1n) is 14.3. The van der Waals surface area contributed by atoms with Crippen molar-refractivity contribution in [3.8, 4) is 5.75 Å². The zero-order valence-electron chi connectivity index (χ0n) is 24.0. The standard InChI is InChI=1S/C32H56O/c1-22(2)14-11-15-24(5)16-12-17-25(6)18-13-20-32(10)21-19-29-28(9)30(23(3)4)26(7)27(8)31(29)33-32/h22-25H,11-21H2,1-10H3/t24-,25?,32-/m1/s1. The molecule has 1 heteroatoms. The minimum absolute atomic E-state index is 0.000631. The van der Waals surface area contributed by atoms with Gasteiger partial charge in [-0.25, -0.2) is 0 Å². The van der Waals surface area contributed by atoms with Crippen LogP contribution in [0.25, 0.3) is 0 Å². The van der Waals surface area contributed by atoms with Crippen LogP contribution in [0, 0.1) is 38.5 Å². The Morgan fingerprint density at radius 3 is 1.82 bits per heavy atom. The van der Waals surface area contributed by atoms with E-state index in [1.54, 1.807) is 5.56 Å². The third-order valence-corrected chi connectivity index (χ3v) is 8.54. The Morgan fingerprint density at radius 1 is 0.727 bits per heavy atom. The van der Waals surface area contributed by atoms with Crippen molar-refractivity contribution in [2.75, 3.05) is 0 Å². The molecule has 0 aliphatic carbocycles. The molecule has 0 spiro atoms. The molecular formula is C32H56O. The molecule has 3 atom stereocenters. The molecule has 1 nitrogen and oxygen atoms in total. The Kier molecular flexibility index (Phi) is 10.8. The van der Waals surface area contributed by atoms with E-state index in [-0.39, 0.29) is 5.60 Å². The van der Waals surface area contributed by atoms with Gasteiger partial charge in [-0.1, -0.05) is 86.5 Å². The summed E-state index contributed by atoms with van der Waals surface area (Å²) in [5, 5.41) is 0. The van der Waals surface area contributed by atoms with E-state index in [9.17, 15) is 0 Å². The fourth-order valence-electron chi connectivity index (χ4n) is 6.18. The highest BCUT2D eigenvalue weighted by Crippen LogP contribution is 2.44. The quantitative estimate of drug-likeness (QED) is 0.287. The highest BCUT2D eigenvalue weighted by molar-refractivity contribution is 5.56. The molecular weight excluding hydrogens is 400 g/mol. The van der Waals surface area contributed by atoms with Crippen molar-refractivity contribution in [1.29, 1.82) is 0 Å². The van der Waals surface area contributed by atoms with Crippen molar-refractivity contribution >= 4 is 0 Å². The molecule has 0 bridgehead atoms. The molecule has 1 aromatic rings. The first-order chi connectivity index (χ1) is 15.4. The molecule has 2 rings (SSSR count). The maximum absolute atomic E-state index is 6.80. The highest BCUT2D eigenvalue weighted by atomic mass is 16.5. The summed E-state index contributed by atoms with van der Waals surface area (Å²) in [6, 6.07) is 0. The van der Waals surface area contributed by atoms with Gasteiger partial charge in [-0.15, -0.1) is 0 Å². The predicted molar refractivity (Wildman–Crippen MR) is 147 cm³/mol. The van der Waals surface area contributed by atoms with Crippen LogP contribution in [-0.4, -0.2) is 5.60 Å². The van der Waals surface area contributed by atoms with E-state index in [0.29, 0.717) is 5.92 Å². The highest BCUT2D eigenvalue weighted by Gasteiger charge is 2.34. The fourth-order valence-corrected chi connectivity index (χ4v) is 6.18. The first kappa shape index (κ1) is 28.3. The van der Waals surface area contributed by atoms with Crippen molar-refractivity contribution < 1.29 is 4.74 Å². The lowest BCUT2D eigenvalue weighted by Crippen LogP contribution is -2.37. The maximum atomic E-state index is 6.80. The third kappa shape index (κ3) is 8.03. The molecule has 0 fully saturated rings. The summed E-state index contributed by atoms with van der Waals surface area (Å²) in [7, 11) is 0. The van der Waals surface area contributed by atoms with Crippen molar-refractivity contribution in [3.05, 3.63) is 27.8 Å². The van der Waals surface area contributed by atoms with Crippen molar-refractivity contribution in [2.45, 2.75) is 151 Å². The van der Waals surface area contributed by atoms with Crippen molar-refractivity contribution in [1.82, 2.24) is 0 Å². The van der Waals surface area contributed by atoms with Gasteiger partial charge in [0.1, 0.15) is 11.4 Å². The molecule has 0 aromatic heterocycles. The zero-order chi connectivity index (χ0) is 24.8. The van der Waals surface area contributed by atoms with Gasteiger partial charge < -0.3 is 4.74 Å². The number of rotatable bonds is 13. The van der Waals surface area contributed by atoms with E-state index < -0.39 is 0 Å². The number of ether oxygens (including phenoxy) is 1. The van der Waals surface area contributed by atoms with Gasteiger partial charge in [0.05, 0.1) is 0 Å². The molecule has 1 aliphatic rings. The van der Waals surface area contributed by atoms with Crippen LogP contribution in [0.3, 0.4) is 0 Å². The monoisotopic (exact) mass is 456 g/mol. The summed E-state index contributed by atoms with van der Waals surface area (Å²) in [4.78, 5) is 0. The number of hydrogen-bond donors (Lipinski definition) is 0. The second-order valence-electron chi connectivity index (χ2n) is 12.7. The Bertz CT molecular complexity index is 744. The van der Waals surface area contributed by atoms with Crippen LogP contribution in [0.15, 0.2) is 0 Å². The molecule has 1 aromatic carbocycles. The van der Waals surface area contributed by atoms with E-state index in [1.165, 1.54) is 92.2 Å². The largest absolute Gasteiger partial charge is 0.487 e. The molecule has 0 N–H and O–H groups in total. The van der Waals surface area contributed by atoms with Gasteiger partial charge in [-0.05, 0) is 105 Å². The van der Waals surface area contributed by atoms with Gasteiger partial charge in [-0.2, -0.15) is 0 Å². The van der Waals surface area contributed by atoms with Crippen LogP contribution in [0.4, 0.5) is 0 Å². The average Bonchev–Trinajstić information content (AvgIpc) is 2.71. The predicted octanol–water partition coefficient (Wildman–Crippen LogP) is 10.3. The van der Waals surface area contributed by atoms with Crippen molar-refractivity contribution in [2.24, 2.45) is 17.8 Å². The van der Waals surface area contributed by atoms with Gasteiger partial charge in [0, 0.05) is 0 Å². The number of fused-ring (bicyclic) bond motifs is 1. The van der Waals surface area contributed by atoms with E-state index in [0.717, 1.165) is 24.2 Å². The average molecular weight is 457 g/mol. The van der Waals surface area contributed by atoms with E-state index in [4.69, 9.17) is 4.74 Å². The van der Waals surface area contributed by atoms with E-state index in [1.807, 2.05) is 0 Å². The topological polar surface area (TPSA) is 9.23 Å². The molecule has 1 heterocycles. The molecule has 190 valence electrons. The first-order valence-corrected chi connectivity index (χ1v) is 14.3. The molecule has 1 aliphatic heterocycles. The second-order valence-corrected chi connectivity index (χ2v) is 12.7. The van der Waals surface area contributed by atoms with Gasteiger partial charge in [0.15, 0.2) is 0 Å². The molecule has 1 unspecified atom stereocenters. The second kappa shape index (κ2) is 12.6. The molecule has 0 amide bonds. The van der Waals surface area contributed by atoms with Gasteiger partial charge in [0.25, 0.3) is 0 Å². The minimum Gasteiger partial charge on any atom is -0.487 e. The third-order valence-electron chi connectivity index (χ3n) is 8.54. The van der Waals surface area contributed by atoms with Gasteiger partial charge in [0.2, 0.25) is 0 Å². The summed E-state index contributed by atoms with van der Waals surface area (Å²) in [5.41, 5.74) is 7.33. The van der Waals surface area contributed by atoms with Crippen LogP contribution in [0.1, 0.15) is 146 Å². The molecule has 0 saturated carbocycles. The smallest absolute Gasteiger partial charge is 0.126 e. The van der Waals surface area contributed by atoms with Crippen LogP contribution in [-0.2, 0) is 6.42 Å². The summed E-state index contributed by atoms with van der Waals surface area (Å²) < 4.78 is 6.80. The Morgan fingerprint density at radius 2 is 1.27 bits per heavy atom. The lowest BCUT2D eigenvalue weighted by molar-refractivity contribution is 0.0513.